The van der Waals surface area contributed by atoms with Crippen molar-refractivity contribution in [1.82, 2.24) is 20.0 Å². The highest BCUT2D eigenvalue weighted by atomic mass is 16.2. The lowest BCUT2D eigenvalue weighted by molar-refractivity contribution is 0.0708. The number of aryl methyl sites for hydroxylation is 2. The maximum absolute atomic E-state index is 12.4. The van der Waals surface area contributed by atoms with Gasteiger partial charge < -0.3 is 10.2 Å². The lowest BCUT2D eigenvalue weighted by Gasteiger charge is -2.31. The molecule has 1 N–H and O–H groups in total. The van der Waals surface area contributed by atoms with Crippen LogP contribution in [0.25, 0.3) is 0 Å². The van der Waals surface area contributed by atoms with Gasteiger partial charge in [-0.25, -0.2) is 0 Å². The molecule has 0 bridgehead atoms. The molecule has 17 heavy (non-hydrogen) atoms. The maximum Gasteiger partial charge on any atom is 0.257 e. The molecule has 0 saturated carbocycles. The Kier molecular flexibility index (Phi) is 3.47. The first-order valence-electron chi connectivity index (χ1n) is 6.17. The fourth-order valence-corrected chi connectivity index (χ4v) is 2.26. The zero-order chi connectivity index (χ0) is 12.4. The number of nitrogens with zero attached hydrogens (tertiary/aromatic N) is 3. The topological polar surface area (TPSA) is 50.2 Å². The van der Waals surface area contributed by atoms with Gasteiger partial charge in [0.2, 0.25) is 0 Å². The van der Waals surface area contributed by atoms with Crippen molar-refractivity contribution in [3.63, 3.8) is 0 Å². The standard InChI is InChI=1S/C12H20N4O/c1-4-11-10(8-15(3)14-11)12(17)16-6-5-13-9(2)7-16/h8-9,13H,4-7H2,1-3H3/t9-/m0/s1. The van der Waals surface area contributed by atoms with Crippen LogP contribution in [0.1, 0.15) is 29.9 Å². The van der Waals surface area contributed by atoms with Crippen molar-refractivity contribution >= 4 is 5.91 Å². The Bertz CT molecular complexity index is 413. The summed E-state index contributed by atoms with van der Waals surface area (Å²) in [5, 5.41) is 7.65. The van der Waals surface area contributed by atoms with Gasteiger partial charge in [0.05, 0.1) is 11.3 Å². The Labute approximate surface area is 102 Å². The van der Waals surface area contributed by atoms with Gasteiger partial charge >= 0.3 is 0 Å². The van der Waals surface area contributed by atoms with Crippen LogP contribution in [0.5, 0.6) is 0 Å². The Hall–Kier alpha value is -1.36. The van der Waals surface area contributed by atoms with Crippen molar-refractivity contribution in [2.75, 3.05) is 19.6 Å². The van der Waals surface area contributed by atoms with Crippen LogP contribution in [0.3, 0.4) is 0 Å². The molecular weight excluding hydrogens is 216 g/mol. The molecule has 5 nitrogen and oxygen atoms in total. The first-order chi connectivity index (χ1) is 8.11. The second-order valence-corrected chi connectivity index (χ2v) is 4.62. The van der Waals surface area contributed by atoms with Crippen molar-refractivity contribution in [3.05, 3.63) is 17.5 Å². The smallest absolute Gasteiger partial charge is 0.257 e. The van der Waals surface area contributed by atoms with Crippen molar-refractivity contribution in [3.8, 4) is 0 Å². The minimum atomic E-state index is 0.114. The summed E-state index contributed by atoms with van der Waals surface area (Å²) in [5.74, 6) is 0.114. The van der Waals surface area contributed by atoms with E-state index in [2.05, 4.69) is 17.3 Å². The number of hydrogen-bond donors (Lipinski definition) is 1. The fourth-order valence-electron chi connectivity index (χ4n) is 2.26. The van der Waals surface area contributed by atoms with Gasteiger partial charge in [0, 0.05) is 38.9 Å². The number of carbonyl (C=O) groups is 1. The number of nitrogens with one attached hydrogen (secondary N) is 1. The van der Waals surface area contributed by atoms with E-state index in [1.165, 1.54) is 0 Å². The molecule has 1 aromatic rings. The number of amides is 1. The molecule has 1 aromatic heterocycles. The molecule has 1 saturated heterocycles. The van der Waals surface area contributed by atoms with Crippen LogP contribution >= 0.6 is 0 Å². The zero-order valence-corrected chi connectivity index (χ0v) is 10.7. The predicted molar refractivity (Wildman–Crippen MR) is 66.0 cm³/mol. The third-order valence-corrected chi connectivity index (χ3v) is 3.13. The lowest BCUT2D eigenvalue weighted by Crippen LogP contribution is -2.51. The van der Waals surface area contributed by atoms with Gasteiger partial charge in [0.1, 0.15) is 0 Å². The van der Waals surface area contributed by atoms with E-state index in [4.69, 9.17) is 0 Å². The summed E-state index contributed by atoms with van der Waals surface area (Å²) in [6.07, 6.45) is 2.62. The first kappa shape index (κ1) is 12.1. The molecule has 0 spiro atoms. The molecule has 1 amide bonds. The van der Waals surface area contributed by atoms with Gasteiger partial charge in [0.25, 0.3) is 5.91 Å². The molecular formula is C12H20N4O. The van der Waals surface area contributed by atoms with Crippen LogP contribution < -0.4 is 5.32 Å². The largest absolute Gasteiger partial charge is 0.336 e. The third-order valence-electron chi connectivity index (χ3n) is 3.13. The molecule has 2 rings (SSSR count). The van der Waals surface area contributed by atoms with Crippen molar-refractivity contribution < 1.29 is 4.79 Å². The van der Waals surface area contributed by atoms with E-state index in [9.17, 15) is 4.79 Å². The van der Waals surface area contributed by atoms with Crippen LogP contribution in [0.15, 0.2) is 6.20 Å². The van der Waals surface area contributed by atoms with Crippen molar-refractivity contribution in [2.24, 2.45) is 7.05 Å². The molecule has 1 aliphatic rings. The van der Waals surface area contributed by atoms with E-state index in [0.717, 1.165) is 37.3 Å². The maximum atomic E-state index is 12.4. The van der Waals surface area contributed by atoms with E-state index in [0.29, 0.717) is 6.04 Å². The van der Waals surface area contributed by atoms with Crippen LogP contribution in [0, 0.1) is 0 Å². The highest BCUT2D eigenvalue weighted by Gasteiger charge is 2.24. The Morgan fingerprint density at radius 3 is 3.06 bits per heavy atom. The number of hydrogen-bond acceptors (Lipinski definition) is 3. The first-order valence-corrected chi connectivity index (χ1v) is 6.17. The van der Waals surface area contributed by atoms with E-state index in [-0.39, 0.29) is 5.91 Å². The second kappa shape index (κ2) is 4.87. The van der Waals surface area contributed by atoms with Gasteiger partial charge in [-0.15, -0.1) is 0 Å². The van der Waals surface area contributed by atoms with Gasteiger partial charge in [-0.05, 0) is 13.3 Å². The van der Waals surface area contributed by atoms with E-state index < -0.39 is 0 Å². The fraction of sp³-hybridized carbons (Fsp3) is 0.667. The Morgan fingerprint density at radius 1 is 1.65 bits per heavy atom. The number of carbonyl (C=O) groups excluding carboxylic acids is 1. The predicted octanol–water partition coefficient (Wildman–Crippen LogP) is 0.416. The summed E-state index contributed by atoms with van der Waals surface area (Å²) in [5.41, 5.74) is 1.65. The monoisotopic (exact) mass is 236 g/mol. The summed E-state index contributed by atoms with van der Waals surface area (Å²) in [6.45, 7) is 6.55. The van der Waals surface area contributed by atoms with Crippen LogP contribution in [-0.4, -0.2) is 46.3 Å². The van der Waals surface area contributed by atoms with Crippen molar-refractivity contribution in [1.29, 1.82) is 0 Å². The summed E-state index contributed by atoms with van der Waals surface area (Å²) in [6, 6.07) is 0.370. The Morgan fingerprint density at radius 2 is 2.41 bits per heavy atom. The highest BCUT2D eigenvalue weighted by Crippen LogP contribution is 2.12. The van der Waals surface area contributed by atoms with Crippen molar-refractivity contribution in [2.45, 2.75) is 26.3 Å². The third kappa shape index (κ3) is 2.49. The van der Waals surface area contributed by atoms with Crippen LogP contribution in [0.2, 0.25) is 0 Å². The normalized spacial score (nSPS) is 20.6. The molecule has 1 atom stereocenters. The highest BCUT2D eigenvalue weighted by molar-refractivity contribution is 5.95. The van der Waals surface area contributed by atoms with E-state index in [1.54, 1.807) is 4.68 Å². The van der Waals surface area contributed by atoms with Crippen LogP contribution in [0.4, 0.5) is 0 Å². The summed E-state index contributed by atoms with van der Waals surface area (Å²) in [4.78, 5) is 14.3. The number of aromatic nitrogens is 2. The molecule has 5 heteroatoms. The van der Waals surface area contributed by atoms with Gasteiger partial charge in [-0.3, -0.25) is 9.48 Å². The summed E-state index contributed by atoms with van der Waals surface area (Å²) >= 11 is 0. The van der Waals surface area contributed by atoms with E-state index in [1.807, 2.05) is 25.1 Å². The van der Waals surface area contributed by atoms with Crippen LogP contribution in [-0.2, 0) is 13.5 Å². The molecule has 0 aliphatic carbocycles. The average molecular weight is 236 g/mol. The van der Waals surface area contributed by atoms with Gasteiger partial charge in [-0.2, -0.15) is 5.10 Å². The zero-order valence-electron chi connectivity index (χ0n) is 10.7. The molecule has 1 fully saturated rings. The number of rotatable bonds is 2. The molecule has 0 radical (unpaired) electrons. The molecule has 1 aliphatic heterocycles. The summed E-state index contributed by atoms with van der Waals surface area (Å²) < 4.78 is 1.72. The minimum absolute atomic E-state index is 0.114. The van der Waals surface area contributed by atoms with Gasteiger partial charge in [-0.1, -0.05) is 6.92 Å². The lowest BCUT2D eigenvalue weighted by atomic mass is 10.1. The molecule has 0 unspecified atom stereocenters. The minimum Gasteiger partial charge on any atom is -0.336 e. The average Bonchev–Trinajstić information content (AvgIpc) is 2.69. The molecule has 2 heterocycles. The SMILES string of the molecule is CCc1nn(C)cc1C(=O)N1CCN[C@@H](C)C1. The quantitative estimate of drug-likeness (QED) is 0.809. The number of piperazine rings is 1. The summed E-state index contributed by atoms with van der Waals surface area (Å²) in [7, 11) is 1.86. The Balaban J connectivity index is 2.18. The molecule has 94 valence electrons. The molecule has 0 aromatic carbocycles. The van der Waals surface area contributed by atoms with E-state index >= 15 is 0 Å². The van der Waals surface area contributed by atoms with Gasteiger partial charge in [0.15, 0.2) is 0 Å². The second-order valence-electron chi connectivity index (χ2n) is 4.62.